The van der Waals surface area contributed by atoms with E-state index in [9.17, 15) is 18.4 Å². The maximum absolute atomic E-state index is 15.0. The summed E-state index contributed by atoms with van der Waals surface area (Å²) >= 11 is 0. The first-order chi connectivity index (χ1) is 16.4. The Kier molecular flexibility index (Phi) is 7.48. The van der Waals surface area contributed by atoms with E-state index < -0.39 is 30.3 Å². The molecule has 0 saturated carbocycles. The van der Waals surface area contributed by atoms with Gasteiger partial charge in [-0.1, -0.05) is 6.07 Å². The standard InChI is InChI=1S/C22H24F3N5O4/c23-18-11-16(30-14-17(34-22(30)32)12-27-21(31)20(24)25)4-5-19(18)28-7-8-29(33-10-9-28)13-15-3-1-2-6-26-15/h1-6,11,17,20H,7-10,12-14H2,(H,27,31)/t17-/m0/s1. The maximum Gasteiger partial charge on any atom is 0.414 e. The third-order valence-electron chi connectivity index (χ3n) is 5.48. The molecule has 12 heteroatoms. The highest BCUT2D eigenvalue weighted by molar-refractivity contribution is 5.90. The lowest BCUT2D eigenvalue weighted by molar-refractivity contribution is -0.155. The molecule has 1 aromatic heterocycles. The van der Waals surface area contributed by atoms with Crippen molar-refractivity contribution in [3.05, 3.63) is 54.1 Å². The van der Waals surface area contributed by atoms with Crippen LogP contribution >= 0.6 is 0 Å². The van der Waals surface area contributed by atoms with Crippen molar-refractivity contribution in [2.24, 2.45) is 0 Å². The molecule has 2 aliphatic heterocycles. The molecule has 0 unspecified atom stereocenters. The summed E-state index contributed by atoms with van der Waals surface area (Å²) in [5, 5.41) is 3.80. The molecule has 2 fully saturated rings. The van der Waals surface area contributed by atoms with Crippen LogP contribution in [-0.4, -0.2) is 73.9 Å². The number of hydroxylamine groups is 2. The molecule has 9 nitrogen and oxygen atoms in total. The van der Waals surface area contributed by atoms with Gasteiger partial charge in [-0.3, -0.25) is 19.5 Å². The zero-order chi connectivity index (χ0) is 24.1. The van der Waals surface area contributed by atoms with Gasteiger partial charge >= 0.3 is 12.5 Å². The fraction of sp³-hybridized carbons (Fsp3) is 0.409. The van der Waals surface area contributed by atoms with Crippen LogP contribution in [0.5, 0.6) is 0 Å². The molecule has 2 saturated heterocycles. The third kappa shape index (κ3) is 5.75. The van der Waals surface area contributed by atoms with Crippen LogP contribution in [0, 0.1) is 5.82 Å². The van der Waals surface area contributed by atoms with E-state index in [2.05, 4.69) is 4.98 Å². The van der Waals surface area contributed by atoms with Gasteiger partial charge in [0, 0.05) is 25.8 Å². The smallest absolute Gasteiger partial charge is 0.414 e. The minimum absolute atomic E-state index is 0.00116. The van der Waals surface area contributed by atoms with Crippen LogP contribution in [0.4, 0.5) is 29.3 Å². The van der Waals surface area contributed by atoms with Gasteiger partial charge in [0.2, 0.25) is 0 Å². The molecular weight excluding hydrogens is 455 g/mol. The lowest BCUT2D eigenvalue weighted by atomic mass is 10.2. The number of ether oxygens (including phenoxy) is 1. The van der Waals surface area contributed by atoms with E-state index in [0.29, 0.717) is 38.5 Å². The van der Waals surface area contributed by atoms with E-state index in [4.69, 9.17) is 9.57 Å². The van der Waals surface area contributed by atoms with E-state index in [1.807, 2.05) is 28.4 Å². The summed E-state index contributed by atoms with van der Waals surface area (Å²) in [4.78, 5) is 36.3. The molecule has 1 aromatic carbocycles. The molecule has 2 amide bonds. The van der Waals surface area contributed by atoms with Crippen molar-refractivity contribution < 1.29 is 32.3 Å². The summed E-state index contributed by atoms with van der Waals surface area (Å²) in [7, 11) is 0. The Morgan fingerprint density at radius 1 is 1.21 bits per heavy atom. The molecule has 0 radical (unpaired) electrons. The number of carbonyl (C=O) groups is 2. The van der Waals surface area contributed by atoms with Crippen molar-refractivity contribution in [2.45, 2.75) is 19.1 Å². The van der Waals surface area contributed by atoms with E-state index in [1.165, 1.54) is 11.0 Å². The van der Waals surface area contributed by atoms with Crippen molar-refractivity contribution in [1.29, 1.82) is 0 Å². The molecule has 182 valence electrons. The Hall–Kier alpha value is -3.38. The number of amides is 2. The molecule has 4 rings (SSSR count). The zero-order valence-electron chi connectivity index (χ0n) is 18.2. The van der Waals surface area contributed by atoms with Crippen LogP contribution in [0.1, 0.15) is 5.69 Å². The largest absolute Gasteiger partial charge is 0.442 e. The highest BCUT2D eigenvalue weighted by atomic mass is 19.3. The summed E-state index contributed by atoms with van der Waals surface area (Å²) in [6.07, 6.45) is -2.99. The number of alkyl halides is 2. The number of nitrogens with zero attached hydrogens (tertiary/aromatic N) is 4. The molecule has 0 spiro atoms. The molecule has 0 aliphatic carbocycles. The number of hydrogen-bond donors (Lipinski definition) is 1. The van der Waals surface area contributed by atoms with Crippen LogP contribution in [-0.2, 0) is 20.9 Å². The van der Waals surface area contributed by atoms with Crippen molar-refractivity contribution in [2.75, 3.05) is 49.1 Å². The second kappa shape index (κ2) is 10.7. The van der Waals surface area contributed by atoms with E-state index in [-0.39, 0.29) is 18.8 Å². The summed E-state index contributed by atoms with van der Waals surface area (Å²) < 4.78 is 44.7. The number of aromatic nitrogens is 1. The summed E-state index contributed by atoms with van der Waals surface area (Å²) in [5.41, 5.74) is 1.52. The van der Waals surface area contributed by atoms with Gasteiger partial charge in [0.25, 0.3) is 5.91 Å². The number of pyridine rings is 1. The first-order valence-electron chi connectivity index (χ1n) is 10.8. The van der Waals surface area contributed by atoms with Gasteiger partial charge in [0.15, 0.2) is 0 Å². The first kappa shape index (κ1) is 23.8. The number of hydrogen-bond acceptors (Lipinski definition) is 7. The number of nitrogens with one attached hydrogen (secondary N) is 1. The average molecular weight is 479 g/mol. The molecule has 34 heavy (non-hydrogen) atoms. The Labute approximate surface area is 194 Å². The Morgan fingerprint density at radius 2 is 2.06 bits per heavy atom. The quantitative estimate of drug-likeness (QED) is 0.652. The lowest BCUT2D eigenvalue weighted by Gasteiger charge is -2.24. The number of halogens is 3. The number of benzene rings is 1. The zero-order valence-corrected chi connectivity index (χ0v) is 18.2. The van der Waals surface area contributed by atoms with Crippen LogP contribution in [0.15, 0.2) is 42.6 Å². The Morgan fingerprint density at radius 3 is 2.79 bits per heavy atom. The topological polar surface area (TPSA) is 87.2 Å². The minimum Gasteiger partial charge on any atom is -0.442 e. The van der Waals surface area contributed by atoms with Gasteiger partial charge in [-0.25, -0.2) is 9.18 Å². The highest BCUT2D eigenvalue weighted by Crippen LogP contribution is 2.28. The second-order valence-corrected chi connectivity index (χ2v) is 7.80. The molecule has 1 atom stereocenters. The molecule has 1 N–H and O–H groups in total. The summed E-state index contributed by atoms with van der Waals surface area (Å²) in [6, 6.07) is 10.1. The van der Waals surface area contributed by atoms with E-state index in [1.54, 1.807) is 23.4 Å². The first-order valence-corrected chi connectivity index (χ1v) is 10.8. The minimum atomic E-state index is -3.15. The number of rotatable bonds is 7. The van der Waals surface area contributed by atoms with Crippen LogP contribution in [0.25, 0.3) is 0 Å². The Bertz CT molecular complexity index is 1010. The van der Waals surface area contributed by atoms with Crippen molar-refractivity contribution in [3.63, 3.8) is 0 Å². The van der Waals surface area contributed by atoms with Crippen LogP contribution in [0.2, 0.25) is 0 Å². The number of carbonyl (C=O) groups excluding carboxylic acids is 2. The van der Waals surface area contributed by atoms with Gasteiger partial charge in [-0.05, 0) is 30.3 Å². The van der Waals surface area contributed by atoms with Gasteiger partial charge in [-0.2, -0.15) is 13.8 Å². The summed E-state index contributed by atoms with van der Waals surface area (Å²) in [5.74, 6) is -1.96. The monoisotopic (exact) mass is 479 g/mol. The SMILES string of the molecule is O=C(NC[C@H]1CN(c2ccc(N3CCON(Cc4ccccn4)CC3)c(F)c2)C(=O)O1)C(F)F. The van der Waals surface area contributed by atoms with Gasteiger partial charge in [0.1, 0.15) is 11.9 Å². The van der Waals surface area contributed by atoms with Crippen molar-refractivity contribution >= 4 is 23.4 Å². The molecule has 0 bridgehead atoms. The third-order valence-corrected chi connectivity index (χ3v) is 5.48. The predicted octanol–water partition coefficient (Wildman–Crippen LogP) is 2.18. The van der Waals surface area contributed by atoms with E-state index >= 15 is 4.39 Å². The number of cyclic esters (lactones) is 1. The van der Waals surface area contributed by atoms with Crippen LogP contribution in [0.3, 0.4) is 0 Å². The number of anilines is 2. The van der Waals surface area contributed by atoms with E-state index in [0.717, 1.165) is 5.69 Å². The molecule has 2 aliphatic rings. The Balaban J connectivity index is 1.35. The fourth-order valence-corrected chi connectivity index (χ4v) is 3.78. The maximum atomic E-state index is 15.0. The van der Waals surface area contributed by atoms with Crippen molar-refractivity contribution in [1.82, 2.24) is 15.4 Å². The fourth-order valence-electron chi connectivity index (χ4n) is 3.78. The summed E-state index contributed by atoms with van der Waals surface area (Å²) in [6.45, 7) is 2.19. The second-order valence-electron chi connectivity index (χ2n) is 7.80. The van der Waals surface area contributed by atoms with Gasteiger partial charge in [-0.15, -0.1) is 0 Å². The molecular formula is C22H24F3N5O4. The molecule has 3 heterocycles. The van der Waals surface area contributed by atoms with Crippen LogP contribution < -0.4 is 15.1 Å². The predicted molar refractivity (Wildman–Crippen MR) is 116 cm³/mol. The normalized spacial score (nSPS) is 19.3. The van der Waals surface area contributed by atoms with Gasteiger partial charge in [0.05, 0.1) is 43.3 Å². The average Bonchev–Trinajstić information content (AvgIpc) is 3.04. The van der Waals surface area contributed by atoms with Gasteiger partial charge < -0.3 is 15.0 Å². The lowest BCUT2D eigenvalue weighted by Crippen LogP contribution is -2.37. The van der Waals surface area contributed by atoms with Crippen molar-refractivity contribution in [3.8, 4) is 0 Å². The molecule has 2 aromatic rings. The highest BCUT2D eigenvalue weighted by Gasteiger charge is 2.33.